The Bertz CT molecular complexity index is 687. The largest absolute Gasteiger partial charge is 0.489 e. The van der Waals surface area contributed by atoms with E-state index in [1.807, 2.05) is 6.07 Å². The number of nitriles is 1. The van der Waals surface area contributed by atoms with Gasteiger partial charge in [-0.25, -0.2) is 4.39 Å². The Morgan fingerprint density at radius 2 is 1.95 bits per heavy atom. The van der Waals surface area contributed by atoms with Gasteiger partial charge in [0.25, 0.3) is 0 Å². The fourth-order valence-corrected chi connectivity index (χ4v) is 1.89. The highest BCUT2D eigenvalue weighted by Crippen LogP contribution is 2.17. The van der Waals surface area contributed by atoms with E-state index in [1.54, 1.807) is 31.2 Å². The van der Waals surface area contributed by atoms with E-state index in [1.165, 1.54) is 18.2 Å². The fraction of sp³-hybridized carbons (Fsp3) is 0.176. The minimum Gasteiger partial charge on any atom is -0.489 e. The smallest absolute Gasteiger partial charge is 0.162 e. The molecule has 0 amide bonds. The van der Waals surface area contributed by atoms with E-state index in [2.05, 4.69) is 0 Å². The van der Waals surface area contributed by atoms with Gasteiger partial charge in [-0.2, -0.15) is 5.26 Å². The van der Waals surface area contributed by atoms with Crippen LogP contribution in [0.15, 0.2) is 42.5 Å². The molecule has 2 rings (SSSR count). The molecule has 0 spiro atoms. The van der Waals surface area contributed by atoms with Crippen LogP contribution < -0.4 is 4.74 Å². The van der Waals surface area contributed by atoms with Gasteiger partial charge in [-0.1, -0.05) is 6.92 Å². The van der Waals surface area contributed by atoms with Crippen LogP contribution in [0.3, 0.4) is 0 Å². The lowest BCUT2D eigenvalue weighted by atomic mass is 10.1. The van der Waals surface area contributed by atoms with Crippen molar-refractivity contribution in [2.45, 2.75) is 20.0 Å². The number of benzene rings is 2. The van der Waals surface area contributed by atoms with Crippen molar-refractivity contribution in [1.29, 1.82) is 5.26 Å². The number of carbonyl (C=O) groups excluding carboxylic acids is 1. The molecule has 2 aromatic carbocycles. The molecule has 0 aliphatic rings. The Balaban J connectivity index is 2.08. The number of Topliss-reactive ketones (excluding diaryl/α,β-unsaturated/α-hetero) is 1. The van der Waals surface area contributed by atoms with Crippen LogP contribution in [0.2, 0.25) is 0 Å². The van der Waals surface area contributed by atoms with Crippen molar-refractivity contribution in [2.75, 3.05) is 0 Å². The first-order valence-electron chi connectivity index (χ1n) is 6.58. The highest BCUT2D eigenvalue weighted by atomic mass is 19.1. The van der Waals surface area contributed by atoms with Crippen LogP contribution in [-0.4, -0.2) is 5.78 Å². The molecule has 2 aromatic rings. The van der Waals surface area contributed by atoms with Gasteiger partial charge in [0.1, 0.15) is 18.2 Å². The molecule has 0 fully saturated rings. The van der Waals surface area contributed by atoms with Crippen LogP contribution in [0.25, 0.3) is 0 Å². The van der Waals surface area contributed by atoms with Gasteiger partial charge in [0.15, 0.2) is 5.78 Å². The summed E-state index contributed by atoms with van der Waals surface area (Å²) < 4.78 is 18.7. The van der Waals surface area contributed by atoms with E-state index in [4.69, 9.17) is 10.00 Å². The van der Waals surface area contributed by atoms with E-state index >= 15 is 0 Å². The molecule has 0 radical (unpaired) electrons. The van der Waals surface area contributed by atoms with Gasteiger partial charge in [-0.15, -0.1) is 0 Å². The van der Waals surface area contributed by atoms with Crippen LogP contribution >= 0.6 is 0 Å². The monoisotopic (exact) mass is 283 g/mol. The summed E-state index contributed by atoms with van der Waals surface area (Å²) in [4.78, 5) is 11.5. The molecule has 0 N–H and O–H groups in total. The average Bonchev–Trinajstić information content (AvgIpc) is 2.52. The summed E-state index contributed by atoms with van der Waals surface area (Å²) in [5, 5.41) is 8.97. The van der Waals surface area contributed by atoms with Crippen molar-refractivity contribution in [3.05, 3.63) is 65.0 Å². The number of carbonyl (C=O) groups is 1. The second kappa shape index (κ2) is 6.67. The number of hydrogen-bond acceptors (Lipinski definition) is 3. The lowest BCUT2D eigenvalue weighted by molar-refractivity contribution is 0.0988. The molecule has 0 aliphatic heterocycles. The van der Waals surface area contributed by atoms with Crippen LogP contribution in [0.5, 0.6) is 5.75 Å². The number of ether oxygens (including phenoxy) is 1. The maximum Gasteiger partial charge on any atom is 0.162 e. The minimum atomic E-state index is -0.406. The van der Waals surface area contributed by atoms with Crippen LogP contribution in [0.1, 0.15) is 34.8 Å². The normalized spacial score (nSPS) is 9.95. The van der Waals surface area contributed by atoms with Crippen molar-refractivity contribution in [1.82, 2.24) is 0 Å². The van der Waals surface area contributed by atoms with Gasteiger partial charge in [0.05, 0.1) is 11.6 Å². The zero-order valence-corrected chi connectivity index (χ0v) is 11.6. The zero-order valence-electron chi connectivity index (χ0n) is 11.6. The Morgan fingerprint density at radius 3 is 2.57 bits per heavy atom. The molecule has 0 saturated heterocycles. The molecule has 3 nitrogen and oxygen atoms in total. The zero-order chi connectivity index (χ0) is 15.2. The first kappa shape index (κ1) is 14.7. The number of ketones is 1. The maximum atomic E-state index is 13.2. The van der Waals surface area contributed by atoms with Gasteiger partial charge in [-0.05, 0) is 42.5 Å². The first-order valence-corrected chi connectivity index (χ1v) is 6.58. The van der Waals surface area contributed by atoms with Crippen LogP contribution in [0.4, 0.5) is 4.39 Å². The predicted octanol–water partition coefficient (Wildman–Crippen LogP) is 3.87. The number of nitrogens with zero attached hydrogens (tertiary/aromatic N) is 1. The van der Waals surface area contributed by atoms with Crippen molar-refractivity contribution >= 4 is 5.78 Å². The summed E-state index contributed by atoms with van der Waals surface area (Å²) in [5.41, 5.74) is 1.51. The Labute approximate surface area is 122 Å². The molecule has 106 valence electrons. The van der Waals surface area contributed by atoms with E-state index in [0.29, 0.717) is 28.9 Å². The van der Waals surface area contributed by atoms with E-state index in [-0.39, 0.29) is 12.4 Å². The Morgan fingerprint density at radius 1 is 1.24 bits per heavy atom. The summed E-state index contributed by atoms with van der Waals surface area (Å²) in [5.74, 6) is 0.228. The van der Waals surface area contributed by atoms with E-state index < -0.39 is 5.82 Å². The molecule has 0 atom stereocenters. The summed E-state index contributed by atoms with van der Waals surface area (Å²) >= 11 is 0. The molecule has 21 heavy (non-hydrogen) atoms. The minimum absolute atomic E-state index is 0.0680. The van der Waals surface area contributed by atoms with Gasteiger partial charge >= 0.3 is 0 Å². The molecular weight excluding hydrogens is 269 g/mol. The summed E-state index contributed by atoms with van der Waals surface area (Å²) in [6, 6.07) is 12.7. The van der Waals surface area contributed by atoms with Gasteiger partial charge in [0.2, 0.25) is 0 Å². The fourth-order valence-electron chi connectivity index (χ4n) is 1.89. The van der Waals surface area contributed by atoms with E-state index in [0.717, 1.165) is 0 Å². The molecule has 4 heteroatoms. The third kappa shape index (κ3) is 3.67. The second-order valence-corrected chi connectivity index (χ2v) is 4.50. The number of hydrogen-bond donors (Lipinski definition) is 0. The highest BCUT2D eigenvalue weighted by Gasteiger charge is 2.06. The van der Waals surface area contributed by atoms with Crippen molar-refractivity contribution < 1.29 is 13.9 Å². The second-order valence-electron chi connectivity index (χ2n) is 4.50. The van der Waals surface area contributed by atoms with Crippen molar-refractivity contribution in [3.63, 3.8) is 0 Å². The lowest BCUT2D eigenvalue weighted by Gasteiger charge is -2.08. The lowest BCUT2D eigenvalue weighted by Crippen LogP contribution is -2.00. The topological polar surface area (TPSA) is 50.1 Å². The molecule has 0 aromatic heterocycles. The Hall–Kier alpha value is -2.67. The third-order valence-electron chi connectivity index (χ3n) is 3.08. The number of halogens is 1. The molecule has 0 aliphatic carbocycles. The summed E-state index contributed by atoms with van der Waals surface area (Å²) in [7, 11) is 0. The quantitative estimate of drug-likeness (QED) is 0.783. The third-order valence-corrected chi connectivity index (χ3v) is 3.08. The molecule has 0 bridgehead atoms. The van der Waals surface area contributed by atoms with Gasteiger partial charge in [0, 0.05) is 17.5 Å². The molecule has 0 saturated carbocycles. The summed E-state index contributed by atoms with van der Waals surface area (Å²) in [6.07, 6.45) is 0.453. The molecular formula is C17H14FNO2. The molecule has 0 heterocycles. The van der Waals surface area contributed by atoms with Crippen molar-refractivity contribution in [2.24, 2.45) is 0 Å². The van der Waals surface area contributed by atoms with Crippen LogP contribution in [-0.2, 0) is 6.61 Å². The maximum absolute atomic E-state index is 13.2. The standard InChI is InChI=1S/C17H14FNO2/c1-2-17(20)12-4-7-16(8-5-12)21-11-14-9-15(18)6-3-13(14)10-19/h3-9H,2,11H2,1H3. The van der Waals surface area contributed by atoms with Gasteiger partial charge < -0.3 is 4.74 Å². The predicted molar refractivity (Wildman–Crippen MR) is 76.5 cm³/mol. The average molecular weight is 283 g/mol. The summed E-state index contributed by atoms with van der Waals surface area (Å²) in [6.45, 7) is 1.90. The number of rotatable bonds is 5. The first-order chi connectivity index (χ1) is 10.1. The van der Waals surface area contributed by atoms with Gasteiger partial charge in [-0.3, -0.25) is 4.79 Å². The SMILES string of the molecule is CCC(=O)c1ccc(OCc2cc(F)ccc2C#N)cc1. The highest BCUT2D eigenvalue weighted by molar-refractivity contribution is 5.95. The van der Waals surface area contributed by atoms with Crippen LogP contribution in [0, 0.1) is 17.1 Å². The van der Waals surface area contributed by atoms with E-state index in [9.17, 15) is 9.18 Å². The Kier molecular flexibility index (Phi) is 4.68. The molecule has 0 unspecified atom stereocenters. The van der Waals surface area contributed by atoms with Crippen molar-refractivity contribution in [3.8, 4) is 11.8 Å².